The molecule has 0 aliphatic rings. The largest absolute Gasteiger partial charge is 0.272 e. The molecule has 1 N–H and O–H groups in total. The fourth-order valence-corrected chi connectivity index (χ4v) is 3.24. The van der Waals surface area contributed by atoms with Gasteiger partial charge in [-0.25, -0.2) is 8.42 Å². The van der Waals surface area contributed by atoms with Gasteiger partial charge in [0.15, 0.2) is 0 Å². The van der Waals surface area contributed by atoms with Gasteiger partial charge in [0.05, 0.1) is 4.90 Å². The maximum Gasteiger partial charge on any atom is 0.262 e. The average molecular weight is 330 g/mol. The lowest BCUT2D eigenvalue weighted by molar-refractivity contribution is 0.592. The zero-order valence-corrected chi connectivity index (χ0v) is 14.3. The van der Waals surface area contributed by atoms with E-state index in [1.807, 2.05) is 25.1 Å². The first kappa shape index (κ1) is 17.2. The Labute approximate surface area is 138 Å². The van der Waals surface area contributed by atoms with E-state index in [-0.39, 0.29) is 4.90 Å². The van der Waals surface area contributed by atoms with E-state index < -0.39 is 10.0 Å². The van der Waals surface area contributed by atoms with Crippen molar-refractivity contribution in [2.45, 2.75) is 31.6 Å². The van der Waals surface area contributed by atoms with Gasteiger partial charge in [-0.1, -0.05) is 48.0 Å². The zero-order valence-electron chi connectivity index (χ0n) is 13.5. The topological polar surface area (TPSA) is 58.5 Å². The van der Waals surface area contributed by atoms with Gasteiger partial charge in [-0.05, 0) is 44.4 Å². The van der Waals surface area contributed by atoms with Crippen LogP contribution in [0.15, 0.2) is 64.5 Å². The van der Waals surface area contributed by atoms with Crippen LogP contribution in [0.25, 0.3) is 0 Å². The molecule has 5 heteroatoms. The van der Waals surface area contributed by atoms with E-state index in [1.54, 1.807) is 31.2 Å². The third-order valence-electron chi connectivity index (χ3n) is 3.43. The van der Waals surface area contributed by atoms with Gasteiger partial charge < -0.3 is 0 Å². The molecule has 4 nitrogen and oxygen atoms in total. The van der Waals surface area contributed by atoms with Crippen LogP contribution in [0.3, 0.4) is 0 Å². The monoisotopic (exact) mass is 330 g/mol. The fraction of sp³-hybridized carbons (Fsp3) is 0.278. The SMILES string of the molecule is CC(=NCCCc1ccccc1)NS(=O)(=O)c1ccc(C)cc1. The quantitative estimate of drug-likeness (QED) is 0.502. The van der Waals surface area contributed by atoms with Crippen molar-refractivity contribution in [1.82, 2.24) is 4.72 Å². The third kappa shape index (κ3) is 5.53. The summed E-state index contributed by atoms with van der Waals surface area (Å²) in [5.41, 5.74) is 2.29. The first-order chi connectivity index (χ1) is 11.0. The van der Waals surface area contributed by atoms with Crippen molar-refractivity contribution in [3.8, 4) is 0 Å². The van der Waals surface area contributed by atoms with Crippen LogP contribution in [0.5, 0.6) is 0 Å². The second-order valence-corrected chi connectivity index (χ2v) is 7.16. The van der Waals surface area contributed by atoms with Gasteiger partial charge in [0.2, 0.25) is 0 Å². The molecule has 23 heavy (non-hydrogen) atoms. The summed E-state index contributed by atoms with van der Waals surface area (Å²) in [5.74, 6) is 0.415. The molecule has 0 saturated heterocycles. The van der Waals surface area contributed by atoms with Crippen molar-refractivity contribution in [3.05, 3.63) is 65.7 Å². The first-order valence-electron chi connectivity index (χ1n) is 7.62. The summed E-state index contributed by atoms with van der Waals surface area (Å²) < 4.78 is 26.9. The number of nitrogens with zero attached hydrogens (tertiary/aromatic N) is 1. The second kappa shape index (κ2) is 7.92. The van der Waals surface area contributed by atoms with Gasteiger partial charge >= 0.3 is 0 Å². The van der Waals surface area contributed by atoms with Crippen LogP contribution in [-0.4, -0.2) is 20.8 Å². The van der Waals surface area contributed by atoms with E-state index in [0.717, 1.165) is 18.4 Å². The van der Waals surface area contributed by atoms with Crippen LogP contribution in [0.1, 0.15) is 24.5 Å². The van der Waals surface area contributed by atoms with Gasteiger partial charge in [0, 0.05) is 6.54 Å². The molecule has 0 spiro atoms. The highest BCUT2D eigenvalue weighted by atomic mass is 32.2. The number of rotatable bonds is 6. The summed E-state index contributed by atoms with van der Waals surface area (Å²) in [4.78, 5) is 4.55. The molecular weight excluding hydrogens is 308 g/mol. The van der Waals surface area contributed by atoms with Gasteiger partial charge in [-0.2, -0.15) is 0 Å². The Morgan fingerprint density at radius 2 is 1.70 bits per heavy atom. The van der Waals surface area contributed by atoms with Crippen LogP contribution in [0, 0.1) is 6.92 Å². The van der Waals surface area contributed by atoms with E-state index >= 15 is 0 Å². The molecule has 2 rings (SSSR count). The summed E-state index contributed by atoms with van der Waals surface area (Å²) in [7, 11) is -3.55. The highest BCUT2D eigenvalue weighted by molar-refractivity contribution is 7.90. The lowest BCUT2D eigenvalue weighted by Gasteiger charge is -2.08. The lowest BCUT2D eigenvalue weighted by atomic mass is 10.1. The number of amidine groups is 1. The van der Waals surface area contributed by atoms with Crippen molar-refractivity contribution in [3.63, 3.8) is 0 Å². The number of nitrogens with one attached hydrogen (secondary N) is 1. The number of hydrogen-bond donors (Lipinski definition) is 1. The van der Waals surface area contributed by atoms with Crippen molar-refractivity contribution in [2.24, 2.45) is 4.99 Å². The normalized spacial score (nSPS) is 12.2. The molecule has 2 aromatic carbocycles. The summed E-state index contributed by atoms with van der Waals surface area (Å²) in [6.45, 7) is 4.19. The summed E-state index contributed by atoms with van der Waals surface area (Å²) in [6, 6.07) is 16.9. The van der Waals surface area contributed by atoms with E-state index in [2.05, 4.69) is 21.8 Å². The van der Waals surface area contributed by atoms with Crippen molar-refractivity contribution >= 4 is 15.9 Å². The lowest BCUT2D eigenvalue weighted by Crippen LogP contribution is -2.28. The first-order valence-corrected chi connectivity index (χ1v) is 9.10. The molecular formula is C18H22N2O2S. The van der Waals surface area contributed by atoms with E-state index in [4.69, 9.17) is 0 Å². The molecule has 0 unspecified atom stereocenters. The summed E-state index contributed by atoms with van der Waals surface area (Å²) >= 11 is 0. The number of benzene rings is 2. The molecule has 0 atom stereocenters. The summed E-state index contributed by atoms with van der Waals surface area (Å²) in [5, 5.41) is 0. The van der Waals surface area contributed by atoms with Crippen LogP contribution in [0.4, 0.5) is 0 Å². The fourth-order valence-electron chi connectivity index (χ4n) is 2.18. The van der Waals surface area contributed by atoms with Crippen LogP contribution in [-0.2, 0) is 16.4 Å². The third-order valence-corrected chi connectivity index (χ3v) is 4.89. The molecule has 122 valence electrons. The Balaban J connectivity index is 1.87. The maximum atomic E-state index is 12.2. The van der Waals surface area contributed by atoms with Gasteiger partial charge in [0.1, 0.15) is 5.84 Å². The molecule has 0 fully saturated rings. The Hall–Kier alpha value is -2.14. The van der Waals surface area contributed by atoms with Crippen molar-refractivity contribution in [1.29, 1.82) is 0 Å². The minimum atomic E-state index is -3.55. The predicted octanol–water partition coefficient (Wildman–Crippen LogP) is 3.32. The highest BCUT2D eigenvalue weighted by Gasteiger charge is 2.13. The highest BCUT2D eigenvalue weighted by Crippen LogP contribution is 2.09. The number of hydrogen-bond acceptors (Lipinski definition) is 3. The van der Waals surface area contributed by atoms with E-state index in [0.29, 0.717) is 12.4 Å². The number of sulfonamides is 1. The minimum Gasteiger partial charge on any atom is -0.272 e. The minimum absolute atomic E-state index is 0.252. The predicted molar refractivity (Wildman–Crippen MR) is 94.2 cm³/mol. The molecule has 0 radical (unpaired) electrons. The van der Waals surface area contributed by atoms with Gasteiger partial charge in [0.25, 0.3) is 10.0 Å². The second-order valence-electron chi connectivity index (χ2n) is 5.47. The molecule has 0 saturated carbocycles. The molecule has 0 bridgehead atoms. The molecule has 0 aliphatic carbocycles. The van der Waals surface area contributed by atoms with Crippen LogP contribution < -0.4 is 4.72 Å². The van der Waals surface area contributed by atoms with Gasteiger partial charge in [-0.3, -0.25) is 9.71 Å². The molecule has 0 aliphatic heterocycles. The maximum absolute atomic E-state index is 12.2. The average Bonchev–Trinajstić information content (AvgIpc) is 2.52. The van der Waals surface area contributed by atoms with Crippen molar-refractivity contribution in [2.75, 3.05) is 6.54 Å². The number of aryl methyl sites for hydroxylation is 2. The molecule has 0 aromatic heterocycles. The van der Waals surface area contributed by atoms with E-state index in [9.17, 15) is 8.42 Å². The Kier molecular flexibility index (Phi) is 5.93. The van der Waals surface area contributed by atoms with Crippen LogP contribution >= 0.6 is 0 Å². The molecule has 2 aromatic rings. The Morgan fingerprint density at radius 1 is 1.04 bits per heavy atom. The molecule has 0 amide bonds. The van der Waals surface area contributed by atoms with Crippen molar-refractivity contribution < 1.29 is 8.42 Å². The van der Waals surface area contributed by atoms with Crippen LogP contribution in [0.2, 0.25) is 0 Å². The standard InChI is InChI=1S/C18H22N2O2S/c1-15-10-12-18(13-11-15)23(21,22)20-16(2)19-14-6-9-17-7-4-3-5-8-17/h3-5,7-8,10-13H,6,9,14H2,1-2H3,(H,19,20). The Bertz CT molecular complexity index is 751. The Morgan fingerprint density at radius 3 is 2.35 bits per heavy atom. The van der Waals surface area contributed by atoms with Gasteiger partial charge in [-0.15, -0.1) is 0 Å². The van der Waals surface area contributed by atoms with E-state index in [1.165, 1.54) is 5.56 Å². The molecule has 0 heterocycles. The smallest absolute Gasteiger partial charge is 0.262 e. The zero-order chi connectivity index (χ0) is 16.7. The number of aliphatic imine (C=N–C) groups is 1. The summed E-state index contributed by atoms with van der Waals surface area (Å²) in [6.07, 6.45) is 1.82.